The van der Waals surface area contributed by atoms with E-state index in [4.69, 9.17) is 4.98 Å². The molecule has 1 aromatic carbocycles. The van der Waals surface area contributed by atoms with Gasteiger partial charge in [0.2, 0.25) is 0 Å². The fourth-order valence-corrected chi connectivity index (χ4v) is 5.63. The minimum absolute atomic E-state index is 0.278. The molecule has 0 bridgehead atoms. The van der Waals surface area contributed by atoms with Gasteiger partial charge >= 0.3 is 0 Å². The molecule has 0 radical (unpaired) electrons. The molecule has 2 aliphatic carbocycles. The lowest BCUT2D eigenvalue weighted by atomic mass is 9.65. The largest absolute Gasteiger partial charge is 0.390 e. The van der Waals surface area contributed by atoms with E-state index in [0.29, 0.717) is 24.1 Å². The Morgan fingerprint density at radius 1 is 1.14 bits per heavy atom. The van der Waals surface area contributed by atoms with Gasteiger partial charge in [0.25, 0.3) is 0 Å². The van der Waals surface area contributed by atoms with E-state index in [0.717, 1.165) is 46.5 Å². The zero-order valence-corrected chi connectivity index (χ0v) is 24.7. The summed E-state index contributed by atoms with van der Waals surface area (Å²) in [6.07, 6.45) is 22.8. The van der Waals surface area contributed by atoms with Crippen LogP contribution in [0.1, 0.15) is 56.4 Å². The molecule has 0 unspecified atom stereocenters. The van der Waals surface area contributed by atoms with Gasteiger partial charge in [0.05, 0.1) is 17.0 Å². The molecule has 6 heteroatoms. The van der Waals surface area contributed by atoms with Crippen molar-refractivity contribution in [1.82, 2.24) is 14.8 Å². The maximum atomic E-state index is 13.3. The molecule has 3 aromatic rings. The van der Waals surface area contributed by atoms with Crippen molar-refractivity contribution in [1.29, 1.82) is 0 Å². The van der Waals surface area contributed by atoms with Gasteiger partial charge < -0.3 is 5.11 Å². The van der Waals surface area contributed by atoms with Crippen LogP contribution in [0.25, 0.3) is 16.8 Å². The van der Waals surface area contributed by atoms with Crippen LogP contribution in [0.2, 0.25) is 0 Å². The molecule has 0 spiro atoms. The summed E-state index contributed by atoms with van der Waals surface area (Å²) in [5.41, 5.74) is 6.04. The lowest BCUT2D eigenvalue weighted by Crippen LogP contribution is -2.46. The minimum Gasteiger partial charge on any atom is -0.390 e. The lowest BCUT2D eigenvalue weighted by molar-refractivity contribution is -0.0795. The number of pyridine rings is 1. The molecule has 0 amide bonds. The van der Waals surface area contributed by atoms with Gasteiger partial charge in [0, 0.05) is 48.6 Å². The summed E-state index contributed by atoms with van der Waals surface area (Å²) in [5, 5.41) is 15.3. The van der Waals surface area contributed by atoms with E-state index in [9.17, 15) is 9.50 Å². The van der Waals surface area contributed by atoms with Gasteiger partial charge in [-0.2, -0.15) is 5.10 Å². The highest BCUT2D eigenvalue weighted by Crippen LogP contribution is 2.54. The third kappa shape index (κ3) is 6.82. The molecule has 42 heavy (non-hydrogen) atoms. The summed E-state index contributed by atoms with van der Waals surface area (Å²) >= 11 is 0. The van der Waals surface area contributed by atoms with Gasteiger partial charge in [-0.25, -0.2) is 9.38 Å². The number of rotatable bonds is 11. The van der Waals surface area contributed by atoms with Gasteiger partial charge in [0.15, 0.2) is 5.82 Å². The monoisotopic (exact) mass is 562 g/mol. The van der Waals surface area contributed by atoms with E-state index >= 15 is 0 Å². The van der Waals surface area contributed by atoms with Crippen molar-refractivity contribution in [3.8, 4) is 11.3 Å². The minimum atomic E-state index is -0.437. The second-order valence-corrected chi connectivity index (χ2v) is 11.3. The van der Waals surface area contributed by atoms with Crippen molar-refractivity contribution in [2.24, 2.45) is 23.9 Å². The van der Waals surface area contributed by atoms with Gasteiger partial charge in [-0.3, -0.25) is 9.67 Å². The lowest BCUT2D eigenvalue weighted by Gasteiger charge is -2.45. The number of nitrogens with zero attached hydrogens (tertiary/aromatic N) is 4. The van der Waals surface area contributed by atoms with Crippen LogP contribution in [0.4, 0.5) is 10.2 Å². The van der Waals surface area contributed by atoms with Crippen molar-refractivity contribution < 1.29 is 9.50 Å². The average molecular weight is 563 g/mol. The molecule has 2 saturated carbocycles. The maximum absolute atomic E-state index is 13.3. The fraction of sp³-hybridized carbons (Fsp3) is 0.306. The van der Waals surface area contributed by atoms with Crippen LogP contribution in [0, 0.1) is 17.7 Å². The smallest absolute Gasteiger partial charge is 0.150 e. The topological polar surface area (TPSA) is 63.3 Å². The number of halogens is 1. The van der Waals surface area contributed by atoms with Crippen LogP contribution in [0.3, 0.4) is 0 Å². The zero-order chi connectivity index (χ0) is 29.7. The number of aliphatic hydroxyl groups is 1. The summed E-state index contributed by atoms with van der Waals surface area (Å²) < 4.78 is 15.0. The highest BCUT2D eigenvalue weighted by Gasteiger charge is 2.52. The number of aliphatic imine (C=N–C) groups is 1. The van der Waals surface area contributed by atoms with Crippen LogP contribution in [0.5, 0.6) is 0 Å². The molecular weight excluding hydrogens is 523 g/mol. The quantitative estimate of drug-likeness (QED) is 0.190. The van der Waals surface area contributed by atoms with Gasteiger partial charge in [-0.05, 0) is 92.8 Å². The molecule has 2 aromatic heterocycles. The van der Waals surface area contributed by atoms with Crippen LogP contribution in [0.15, 0.2) is 102 Å². The molecule has 0 aliphatic heterocycles. The first kappa shape index (κ1) is 29.3. The molecular formula is C36H39FN4O. The molecule has 5 rings (SSSR count). The summed E-state index contributed by atoms with van der Waals surface area (Å²) in [5.74, 6) is 1.34. The van der Waals surface area contributed by atoms with Crippen LogP contribution in [-0.4, -0.2) is 31.7 Å². The first-order chi connectivity index (χ1) is 20.3. The summed E-state index contributed by atoms with van der Waals surface area (Å²) in [7, 11) is 1.84. The molecule has 2 aliphatic rings. The van der Waals surface area contributed by atoms with Gasteiger partial charge in [-0.1, -0.05) is 49.1 Å². The normalized spacial score (nSPS) is 21.3. The van der Waals surface area contributed by atoms with Crippen LogP contribution < -0.4 is 0 Å². The first-order valence-electron chi connectivity index (χ1n) is 14.7. The number of hydrogen-bond acceptors (Lipinski definition) is 4. The molecule has 1 N–H and O–H groups in total. The zero-order valence-electron chi connectivity index (χ0n) is 24.7. The number of aryl methyl sites for hydroxylation is 1. The van der Waals surface area contributed by atoms with E-state index in [2.05, 4.69) is 47.9 Å². The van der Waals surface area contributed by atoms with Gasteiger partial charge in [-0.15, -0.1) is 0 Å². The maximum Gasteiger partial charge on any atom is 0.150 e. The molecule has 0 atom stereocenters. The first-order valence-corrected chi connectivity index (χ1v) is 14.7. The van der Waals surface area contributed by atoms with Crippen molar-refractivity contribution in [2.45, 2.75) is 51.6 Å². The van der Waals surface area contributed by atoms with E-state index < -0.39 is 5.60 Å². The van der Waals surface area contributed by atoms with E-state index in [-0.39, 0.29) is 5.82 Å². The third-order valence-electron chi connectivity index (χ3n) is 8.24. The van der Waals surface area contributed by atoms with E-state index in [1.165, 1.54) is 30.5 Å². The standard InChI is InChI=1S/C36H39FN4O/c1-5-7-8-10-25(3)32-19-26(24-39-35-20-34(40-41(35)4)28-13-17-31(37)18-14-28)23-38-33(32)12-9-11-27(6-2)29-21-36(42,22-29)30-15-16-30/h5-11,13-14,17-20,23-24,29-30,42H,3,12,15-16,21-22H2,1-2,4H3/b7-5-,10-8-,11-9-,27-6+,39-24-. The van der Waals surface area contributed by atoms with Crippen molar-refractivity contribution in [2.75, 3.05) is 0 Å². The second-order valence-electron chi connectivity index (χ2n) is 11.3. The summed E-state index contributed by atoms with van der Waals surface area (Å²) in [6, 6.07) is 10.2. The van der Waals surface area contributed by atoms with Gasteiger partial charge in [0.1, 0.15) is 5.82 Å². The van der Waals surface area contributed by atoms with Crippen LogP contribution in [-0.2, 0) is 13.5 Å². The Hall–Kier alpha value is -4.16. The third-order valence-corrected chi connectivity index (χ3v) is 8.24. The predicted molar refractivity (Wildman–Crippen MR) is 170 cm³/mol. The number of allylic oxidation sites excluding steroid dienone is 9. The van der Waals surface area contributed by atoms with Crippen LogP contribution >= 0.6 is 0 Å². The molecule has 0 saturated heterocycles. The summed E-state index contributed by atoms with van der Waals surface area (Å²) in [6.45, 7) is 8.37. The SMILES string of the molecule is C=C(/C=C\C=C/C)c1cc(/C=N\c2cc(-c3ccc(F)cc3)nn2C)cnc1C/C=C\C(=C/C)C1CC(O)(C2CC2)C1. The highest BCUT2D eigenvalue weighted by molar-refractivity contribution is 5.85. The van der Waals surface area contributed by atoms with Crippen molar-refractivity contribution in [3.05, 3.63) is 120 Å². The van der Waals surface area contributed by atoms with E-state index in [1.807, 2.05) is 50.5 Å². The number of aromatic nitrogens is 3. The Kier molecular flexibility index (Phi) is 8.93. The number of hydrogen-bond donors (Lipinski definition) is 1. The Balaban J connectivity index is 1.33. The van der Waals surface area contributed by atoms with E-state index in [1.54, 1.807) is 23.0 Å². The molecule has 5 nitrogen and oxygen atoms in total. The Morgan fingerprint density at radius 2 is 1.90 bits per heavy atom. The second kappa shape index (κ2) is 12.8. The Morgan fingerprint density at radius 3 is 2.60 bits per heavy atom. The van der Waals surface area contributed by atoms with Crippen molar-refractivity contribution >= 4 is 17.6 Å². The fourth-order valence-electron chi connectivity index (χ4n) is 5.63. The molecule has 2 fully saturated rings. The summed E-state index contributed by atoms with van der Waals surface area (Å²) in [4.78, 5) is 9.47. The Bertz CT molecular complexity index is 1580. The average Bonchev–Trinajstić information content (AvgIpc) is 3.76. The highest BCUT2D eigenvalue weighted by atomic mass is 19.1. The molecule has 2 heterocycles. The Labute approximate surface area is 248 Å². The predicted octanol–water partition coefficient (Wildman–Crippen LogP) is 8.11. The van der Waals surface area contributed by atoms with Crippen molar-refractivity contribution in [3.63, 3.8) is 0 Å². The number of benzene rings is 1. The molecule has 216 valence electrons.